The van der Waals surface area contributed by atoms with Gasteiger partial charge in [0.2, 0.25) is 5.91 Å². The van der Waals surface area contributed by atoms with E-state index in [9.17, 15) is 4.79 Å². The molecule has 1 N–H and O–H groups in total. The smallest absolute Gasteiger partial charge is 0.230 e. The van der Waals surface area contributed by atoms with E-state index in [1.165, 1.54) is 11.8 Å². The fourth-order valence-corrected chi connectivity index (χ4v) is 3.89. The van der Waals surface area contributed by atoms with Crippen molar-refractivity contribution in [1.29, 1.82) is 0 Å². The van der Waals surface area contributed by atoms with Gasteiger partial charge in [-0.3, -0.25) is 4.79 Å². The molecular formula is C21H31N3O3S. The standard InChI is InChI=1S/C21H31N3O3S/c1-13(2)11-24-16(5)14(3)23-21(24)28-12-20(25)22-15(4)18-10-17(26-6)8-9-19(18)27-7/h8-10,13,15H,11-12H2,1-7H3,(H,22,25). The number of amides is 1. The molecule has 2 rings (SSSR count). The van der Waals surface area contributed by atoms with E-state index in [0.717, 1.165) is 40.2 Å². The summed E-state index contributed by atoms with van der Waals surface area (Å²) >= 11 is 1.47. The van der Waals surface area contributed by atoms with Crippen molar-refractivity contribution < 1.29 is 14.3 Å². The zero-order valence-corrected chi connectivity index (χ0v) is 18.6. The number of benzene rings is 1. The molecule has 0 fully saturated rings. The van der Waals surface area contributed by atoms with Crippen molar-refractivity contribution in [3.05, 3.63) is 35.2 Å². The Morgan fingerprint density at radius 2 is 1.93 bits per heavy atom. The van der Waals surface area contributed by atoms with Gasteiger partial charge < -0.3 is 19.4 Å². The molecule has 0 aliphatic carbocycles. The molecule has 7 heteroatoms. The van der Waals surface area contributed by atoms with Crippen molar-refractivity contribution in [1.82, 2.24) is 14.9 Å². The second-order valence-corrected chi connectivity index (χ2v) is 8.20. The van der Waals surface area contributed by atoms with Gasteiger partial charge in [0.05, 0.1) is 31.7 Å². The number of hydrogen-bond acceptors (Lipinski definition) is 5. The third-order valence-corrected chi connectivity index (χ3v) is 5.56. The van der Waals surface area contributed by atoms with Gasteiger partial charge in [0.25, 0.3) is 0 Å². The molecule has 1 amide bonds. The maximum absolute atomic E-state index is 12.5. The van der Waals surface area contributed by atoms with Crippen molar-refractivity contribution in [3.8, 4) is 11.5 Å². The minimum absolute atomic E-state index is 0.0447. The molecule has 2 aromatic rings. The number of aryl methyl sites for hydroxylation is 1. The van der Waals surface area contributed by atoms with E-state index in [1.807, 2.05) is 32.0 Å². The number of rotatable bonds is 9. The number of ether oxygens (including phenoxy) is 2. The molecule has 1 aromatic heterocycles. The number of carbonyl (C=O) groups is 1. The number of imidazole rings is 1. The van der Waals surface area contributed by atoms with Gasteiger partial charge in [0.1, 0.15) is 11.5 Å². The van der Waals surface area contributed by atoms with E-state index in [-0.39, 0.29) is 11.9 Å². The Morgan fingerprint density at radius 1 is 1.21 bits per heavy atom. The Kier molecular flexibility index (Phi) is 7.80. The quantitative estimate of drug-likeness (QED) is 0.635. The predicted molar refractivity (Wildman–Crippen MR) is 113 cm³/mol. The first-order valence-electron chi connectivity index (χ1n) is 9.44. The number of methoxy groups -OCH3 is 2. The minimum atomic E-state index is -0.197. The molecule has 0 saturated heterocycles. The van der Waals surface area contributed by atoms with Crippen molar-refractivity contribution in [2.75, 3.05) is 20.0 Å². The molecule has 6 nitrogen and oxygen atoms in total. The Bertz CT molecular complexity index is 817. The van der Waals surface area contributed by atoms with Crippen molar-refractivity contribution in [2.24, 2.45) is 5.92 Å². The number of carbonyl (C=O) groups excluding carboxylic acids is 1. The topological polar surface area (TPSA) is 65.4 Å². The summed E-state index contributed by atoms with van der Waals surface area (Å²) in [6, 6.07) is 5.38. The number of thioether (sulfide) groups is 1. The highest BCUT2D eigenvalue weighted by Gasteiger charge is 2.18. The highest BCUT2D eigenvalue weighted by molar-refractivity contribution is 7.99. The van der Waals surface area contributed by atoms with Crippen LogP contribution < -0.4 is 14.8 Å². The van der Waals surface area contributed by atoms with Crippen LogP contribution in [0.4, 0.5) is 0 Å². The Morgan fingerprint density at radius 3 is 2.54 bits per heavy atom. The molecule has 154 valence electrons. The third-order valence-electron chi connectivity index (χ3n) is 4.58. The minimum Gasteiger partial charge on any atom is -0.497 e. The molecule has 1 unspecified atom stereocenters. The van der Waals surface area contributed by atoms with Gasteiger partial charge in [-0.25, -0.2) is 4.98 Å². The Labute approximate surface area is 172 Å². The SMILES string of the molecule is COc1ccc(OC)c(C(C)NC(=O)CSc2nc(C)c(C)n2CC(C)C)c1. The molecule has 0 bridgehead atoms. The third kappa shape index (κ3) is 5.44. The summed E-state index contributed by atoms with van der Waals surface area (Å²) < 4.78 is 12.9. The molecule has 0 aliphatic heterocycles. The van der Waals surface area contributed by atoms with Crippen LogP contribution in [0.2, 0.25) is 0 Å². The van der Waals surface area contributed by atoms with E-state index in [0.29, 0.717) is 11.7 Å². The average molecular weight is 406 g/mol. The molecule has 0 spiro atoms. The van der Waals surface area contributed by atoms with Crippen molar-refractivity contribution in [3.63, 3.8) is 0 Å². The van der Waals surface area contributed by atoms with E-state index in [2.05, 4.69) is 35.6 Å². The van der Waals surface area contributed by atoms with Crippen LogP contribution in [0.5, 0.6) is 11.5 Å². The average Bonchev–Trinajstić information content (AvgIpc) is 2.93. The summed E-state index contributed by atoms with van der Waals surface area (Å²) in [5.74, 6) is 2.23. The van der Waals surface area contributed by atoms with E-state index in [4.69, 9.17) is 9.47 Å². The highest BCUT2D eigenvalue weighted by Crippen LogP contribution is 2.29. The lowest BCUT2D eigenvalue weighted by atomic mass is 10.1. The number of nitrogens with zero attached hydrogens (tertiary/aromatic N) is 2. The van der Waals surface area contributed by atoms with E-state index >= 15 is 0 Å². The second kappa shape index (κ2) is 9.87. The molecule has 0 radical (unpaired) electrons. The van der Waals surface area contributed by atoms with Gasteiger partial charge >= 0.3 is 0 Å². The molecule has 0 saturated carbocycles. The van der Waals surface area contributed by atoms with Crippen LogP contribution >= 0.6 is 11.8 Å². The monoisotopic (exact) mass is 405 g/mol. The predicted octanol–water partition coefficient (Wildman–Crippen LogP) is 4.14. The van der Waals surface area contributed by atoms with Crippen molar-refractivity contribution in [2.45, 2.75) is 52.4 Å². The van der Waals surface area contributed by atoms with Gasteiger partial charge in [-0.2, -0.15) is 0 Å². The van der Waals surface area contributed by atoms with Crippen molar-refractivity contribution >= 4 is 17.7 Å². The number of nitrogens with one attached hydrogen (secondary N) is 1. The molecule has 0 aliphatic rings. The van der Waals surface area contributed by atoms with E-state index in [1.54, 1.807) is 14.2 Å². The summed E-state index contributed by atoms with van der Waals surface area (Å²) in [6.45, 7) is 11.3. The molecule has 1 heterocycles. The van der Waals surface area contributed by atoms with Gasteiger partial charge in [0, 0.05) is 17.8 Å². The lowest BCUT2D eigenvalue weighted by Gasteiger charge is -2.18. The Balaban J connectivity index is 2.04. The lowest BCUT2D eigenvalue weighted by molar-refractivity contribution is -0.119. The Hall–Kier alpha value is -2.15. The van der Waals surface area contributed by atoms with Crippen LogP contribution in [0.15, 0.2) is 23.4 Å². The zero-order valence-electron chi connectivity index (χ0n) is 17.8. The first kappa shape index (κ1) is 22.1. The van der Waals surface area contributed by atoms with Crippen LogP contribution in [0.1, 0.15) is 43.8 Å². The maximum Gasteiger partial charge on any atom is 0.230 e. The fourth-order valence-electron chi connectivity index (χ4n) is 2.98. The normalized spacial score (nSPS) is 12.1. The van der Waals surface area contributed by atoms with Gasteiger partial charge in [0.15, 0.2) is 5.16 Å². The van der Waals surface area contributed by atoms with Crippen LogP contribution in [-0.4, -0.2) is 35.4 Å². The molecule has 1 aromatic carbocycles. The van der Waals surface area contributed by atoms with Crippen LogP contribution in [0.25, 0.3) is 0 Å². The van der Waals surface area contributed by atoms with E-state index < -0.39 is 0 Å². The summed E-state index contributed by atoms with van der Waals surface area (Å²) in [6.07, 6.45) is 0. The first-order valence-corrected chi connectivity index (χ1v) is 10.4. The zero-order chi connectivity index (χ0) is 20.8. The molecular weight excluding hydrogens is 374 g/mol. The van der Waals surface area contributed by atoms with Crippen LogP contribution in [0.3, 0.4) is 0 Å². The molecule has 28 heavy (non-hydrogen) atoms. The summed E-state index contributed by atoms with van der Waals surface area (Å²) in [7, 11) is 3.24. The molecule has 1 atom stereocenters. The fraction of sp³-hybridized carbons (Fsp3) is 0.524. The highest BCUT2D eigenvalue weighted by atomic mass is 32.2. The van der Waals surface area contributed by atoms with Gasteiger partial charge in [-0.1, -0.05) is 25.6 Å². The van der Waals surface area contributed by atoms with Gasteiger partial charge in [-0.15, -0.1) is 0 Å². The largest absolute Gasteiger partial charge is 0.497 e. The summed E-state index contributed by atoms with van der Waals surface area (Å²) in [5.41, 5.74) is 3.05. The first-order chi connectivity index (χ1) is 13.3. The number of hydrogen-bond donors (Lipinski definition) is 1. The van der Waals surface area contributed by atoms with Crippen LogP contribution in [0, 0.1) is 19.8 Å². The second-order valence-electron chi connectivity index (χ2n) is 7.26. The van der Waals surface area contributed by atoms with Crippen LogP contribution in [-0.2, 0) is 11.3 Å². The summed E-state index contributed by atoms with van der Waals surface area (Å²) in [4.78, 5) is 17.2. The number of aromatic nitrogens is 2. The maximum atomic E-state index is 12.5. The summed E-state index contributed by atoms with van der Waals surface area (Å²) in [5, 5.41) is 3.94. The lowest BCUT2D eigenvalue weighted by Crippen LogP contribution is -2.28. The van der Waals surface area contributed by atoms with Gasteiger partial charge in [-0.05, 0) is 44.9 Å².